The predicted octanol–water partition coefficient (Wildman–Crippen LogP) is 11.1. The number of hydrogen-bond donors (Lipinski definition) is 4. The van der Waals surface area contributed by atoms with E-state index in [-0.39, 0.29) is 370 Å². The van der Waals surface area contributed by atoms with Crippen LogP contribution in [0.2, 0.25) is 36.3 Å². The minimum atomic E-state index is -3.71. The van der Waals surface area contributed by atoms with Crippen molar-refractivity contribution in [3.05, 3.63) is 62.3 Å². The van der Waals surface area contributed by atoms with Gasteiger partial charge < -0.3 is 58.5 Å². The fourth-order valence-corrected chi connectivity index (χ4v) is 15.4. The average Bonchev–Trinajstić information content (AvgIpc) is 1.83. The molecular weight excluding hydrogens is 2000 g/mol. The maximum atomic E-state index is 12.2. The Morgan fingerprint density at radius 2 is 1.10 bits per heavy atom. The summed E-state index contributed by atoms with van der Waals surface area (Å²) in [6.07, 6.45) is 1.71. The molecule has 22 nitrogen and oxygen atoms in total. The van der Waals surface area contributed by atoms with E-state index in [1.54, 1.807) is 19.8 Å². The summed E-state index contributed by atoms with van der Waals surface area (Å²) in [5.41, 5.74) is 0.261. The number of ether oxygens (including phenoxy) is 6. The largest absolute Gasteiger partial charge is 2.00 e. The van der Waals surface area contributed by atoms with Crippen molar-refractivity contribution in [1.82, 2.24) is 14.7 Å². The third-order valence-corrected chi connectivity index (χ3v) is 30.5. The van der Waals surface area contributed by atoms with E-state index in [0.29, 0.717) is 0 Å². The minimum absolute atomic E-state index is 0. The van der Waals surface area contributed by atoms with Gasteiger partial charge in [0.05, 0.1) is 25.8 Å². The Labute approximate surface area is 741 Å². The molecular formula is C56H105BBa4ClN3O19P3Si2U+2. The zero-order valence-electron chi connectivity index (χ0n) is 60.4. The van der Waals surface area contributed by atoms with Gasteiger partial charge in [0.25, 0.3) is 0 Å². The number of carbonyl (C=O) groups is 2. The van der Waals surface area contributed by atoms with Crippen molar-refractivity contribution >= 4 is 267 Å². The third kappa shape index (κ3) is 30.1. The van der Waals surface area contributed by atoms with Gasteiger partial charge in [0.15, 0.2) is 16.6 Å². The normalized spacial score (nSPS) is 29.0. The second kappa shape index (κ2) is 46.6. The Morgan fingerprint density at radius 1 is 0.711 bits per heavy atom. The number of nitrogens with zero attached hydrogens (tertiary/aromatic N) is 2. The first-order valence-corrected chi connectivity index (χ1v) is 39.8. The maximum absolute atomic E-state index is 12.2. The van der Waals surface area contributed by atoms with E-state index < -0.39 is 57.7 Å². The van der Waals surface area contributed by atoms with Crippen molar-refractivity contribution in [1.29, 1.82) is 0 Å². The van der Waals surface area contributed by atoms with E-state index in [1.165, 1.54) is 6.61 Å². The number of aliphatic hydroxyl groups excluding tert-OH is 1. The number of aliphatic hydroxyl groups is 2. The summed E-state index contributed by atoms with van der Waals surface area (Å²) in [7, 11) is -8.38. The van der Waals surface area contributed by atoms with Crippen molar-refractivity contribution in [3.8, 4) is 0 Å². The minimum Gasteiger partial charge on any atom is -1.00 e. The monoisotopic (exact) mass is 2110 g/mol. The van der Waals surface area contributed by atoms with Crippen LogP contribution in [0.1, 0.15) is 128 Å². The standard InChI is InChI=1S/C19H36O6PSi.C12H17NO.C12H25O3Si.C7H13O4P.C6H8ClN2O5P.B.4Ba.U.H2.4H/c1-9-15-13(2)17(10-21-15)24-26(20)23-12-16-14(3)18(11-22-16)25-27(7,8)19(4,5)6;1-12(14,11-8-5-9-13-11)10-6-3-2-4-7-10;1-9-10(7-13)14-8-11(9)15-16(5,6)12(2,3)4;1-3-6-5(2)7(4-10-6)11-12(8)9;7-15(12,8-1-3-13-5(8)10)9-2-4-14-6(9)11;;;;;;;;;;;/h10-11,13-18H,9,12H2,1-8H3;2-4,6-7,11,13-14H,5,8-9H2,1H3;8-11,13H,7H2,1-6H3;4-7H,3H2,1-2H3,(H,8,9);1-4H2;;;;;;;1H;;;;/q-1;;-1;;;;4*+2;;;4*-1/t13?,14?,15-,16-,17-,18-;11-,12+;9?,10-,11-;5?,6-,7-;;;;;;;;;;;;/m1011............/s1. The van der Waals surface area contributed by atoms with Gasteiger partial charge in [0.2, 0.25) is 0 Å². The number of amides is 2. The zero-order chi connectivity index (χ0) is 63.2. The summed E-state index contributed by atoms with van der Waals surface area (Å²) >= 11 is 5.74. The van der Waals surface area contributed by atoms with Crippen LogP contribution < -0.4 is 5.32 Å². The summed E-state index contributed by atoms with van der Waals surface area (Å²) < 4.78 is 95.8. The van der Waals surface area contributed by atoms with Crippen molar-refractivity contribution in [3.63, 3.8) is 0 Å². The van der Waals surface area contributed by atoms with Crippen LogP contribution in [-0.4, -0.2) is 358 Å². The molecule has 2 amide bonds. The zero-order valence-corrected chi connectivity index (χ0v) is 83.7. The predicted molar refractivity (Wildman–Crippen MR) is 360 cm³/mol. The molecule has 7 heterocycles. The Morgan fingerprint density at radius 3 is 1.44 bits per heavy atom. The molecule has 501 valence electrons. The molecule has 7 aliphatic rings. The first-order chi connectivity index (χ1) is 39.0. The Balaban J connectivity index is -0.000000166. The quantitative estimate of drug-likeness (QED) is 0.0604. The van der Waals surface area contributed by atoms with Gasteiger partial charge in [-0.1, -0.05) is 126 Å². The molecule has 7 aliphatic heterocycles. The molecule has 0 aliphatic carbocycles. The van der Waals surface area contributed by atoms with Gasteiger partial charge >= 0.3 is 231 Å². The third-order valence-electron chi connectivity index (χ3n) is 17.4. The molecule has 90 heavy (non-hydrogen) atoms. The van der Waals surface area contributed by atoms with Crippen molar-refractivity contribution in [2.24, 2.45) is 23.7 Å². The molecule has 6 unspecified atom stereocenters. The van der Waals surface area contributed by atoms with Crippen LogP contribution in [0.5, 0.6) is 0 Å². The fourth-order valence-electron chi connectivity index (χ4n) is 9.29. The number of hydrogen-bond acceptors (Lipinski definition) is 19. The number of nitrogens with one attached hydrogen (secondary N) is 1. The molecule has 3 radical (unpaired) electrons. The SMILES string of the molecule is CC1[C@H](O[Si](C)(C)C(C)(C)C)[CH-]O[C@@H]1CO.CC[C@H]1O[CH-][C@@H](O[P+](=O)O)C1C.CC[C@H]1O[CH-][C@@H](O[P+](=O)OC[C@H]2O[CH-][C@@H](O[Si](C)(C)C(C)(C)C)C2C)C1C.C[C@@](O)(c1ccccc1)[C@@H]1CCCN1.O=C1OCCN1P(=O)(Cl)N1CCOC1=O.[B].[Ba+2].[Ba+2].[Ba+2].[Ba+2].[H-].[H-].[H-].[H-].[HH].[U]. The van der Waals surface area contributed by atoms with E-state index in [4.69, 9.17) is 62.6 Å². The van der Waals surface area contributed by atoms with Crippen LogP contribution in [0, 0.1) is 81.2 Å². The van der Waals surface area contributed by atoms with Gasteiger partial charge in [-0.15, -0.1) is 18.5 Å². The molecule has 1 aromatic carbocycles. The van der Waals surface area contributed by atoms with Crippen LogP contribution in [0.25, 0.3) is 0 Å². The van der Waals surface area contributed by atoms with Crippen molar-refractivity contribution in [2.75, 3.05) is 46.1 Å². The first kappa shape index (κ1) is 100.0. The van der Waals surface area contributed by atoms with Crippen molar-refractivity contribution in [2.45, 2.75) is 212 Å². The Kier molecular flexibility index (Phi) is 51.7. The smallest absolute Gasteiger partial charge is 1.00 e. The van der Waals surface area contributed by atoms with E-state index in [2.05, 4.69) is 103 Å². The van der Waals surface area contributed by atoms with E-state index in [9.17, 15) is 28.4 Å². The molecule has 16 atom stereocenters. The molecule has 0 saturated carbocycles. The van der Waals surface area contributed by atoms with Gasteiger partial charge in [0, 0.05) is 86.6 Å². The maximum Gasteiger partial charge on any atom is 2.00 e. The molecule has 0 bridgehead atoms. The Hall–Kier alpha value is 5.80. The number of rotatable bonds is 18. The summed E-state index contributed by atoms with van der Waals surface area (Å²) in [6, 6.07) is 10.1. The van der Waals surface area contributed by atoms with Crippen LogP contribution in [-0.2, 0) is 70.1 Å². The molecule has 1 aromatic rings. The van der Waals surface area contributed by atoms with Gasteiger partial charge in [-0.2, -0.15) is 26.4 Å². The van der Waals surface area contributed by atoms with Crippen LogP contribution in [0.15, 0.2) is 30.3 Å². The Bertz CT molecular complexity index is 2320. The molecule has 0 spiro atoms. The summed E-state index contributed by atoms with van der Waals surface area (Å²) in [5.74, 6) is 0.683. The topological polar surface area (TPSA) is 266 Å². The van der Waals surface area contributed by atoms with Gasteiger partial charge in [-0.3, -0.25) is 4.57 Å². The van der Waals surface area contributed by atoms with E-state index in [1.807, 2.05) is 58.0 Å². The van der Waals surface area contributed by atoms with Gasteiger partial charge in [-0.05, 0) is 116 Å². The summed E-state index contributed by atoms with van der Waals surface area (Å²) in [5, 5.41) is 23.2. The molecule has 34 heteroatoms. The molecule has 8 rings (SSSR count). The number of cyclic esters (lactones) is 2. The van der Waals surface area contributed by atoms with E-state index in [0.717, 1.165) is 47.1 Å². The number of carbonyl (C=O) groups excluding carboxylic acids is 2. The van der Waals surface area contributed by atoms with E-state index >= 15 is 0 Å². The summed E-state index contributed by atoms with van der Waals surface area (Å²) in [4.78, 5) is 30.8. The molecule has 7 fully saturated rings. The molecule has 0 aromatic heterocycles. The summed E-state index contributed by atoms with van der Waals surface area (Å²) in [6.45, 7) is 41.1. The average molecular weight is 2110 g/mol. The molecule has 4 N–H and O–H groups in total. The van der Waals surface area contributed by atoms with Crippen LogP contribution in [0.3, 0.4) is 0 Å². The fraction of sp³-hybridized carbons (Fsp3) is 0.786. The van der Waals surface area contributed by atoms with Crippen molar-refractivity contribution < 1.29 is 127 Å². The van der Waals surface area contributed by atoms with Gasteiger partial charge in [0.1, 0.15) is 25.4 Å². The first-order valence-electron chi connectivity index (χ1n) is 29.3. The second-order valence-corrected chi connectivity index (χ2v) is 39.7. The molecule has 7 saturated heterocycles. The van der Waals surface area contributed by atoms with Crippen LogP contribution in [0.4, 0.5) is 9.59 Å². The van der Waals surface area contributed by atoms with Gasteiger partial charge in [-0.25, -0.2) is 18.9 Å². The number of halogens is 1. The number of benzene rings is 1. The second-order valence-electron chi connectivity index (χ2n) is 25.4. The van der Waals surface area contributed by atoms with Crippen LogP contribution >= 0.6 is 34.5 Å².